The third-order valence-electron chi connectivity index (χ3n) is 3.87. The Morgan fingerprint density at radius 1 is 1.45 bits per heavy atom. The summed E-state index contributed by atoms with van der Waals surface area (Å²) in [5.74, 6) is 0.0598. The molecule has 1 saturated heterocycles. The van der Waals surface area contributed by atoms with Crippen LogP contribution in [0.4, 0.5) is 0 Å². The van der Waals surface area contributed by atoms with Crippen LogP contribution in [0.15, 0.2) is 28.7 Å². The van der Waals surface area contributed by atoms with Crippen LogP contribution in [0.3, 0.4) is 0 Å². The Hall–Kier alpha value is -0.910. The summed E-state index contributed by atoms with van der Waals surface area (Å²) in [5, 5.41) is 3.00. The normalized spacial score (nSPS) is 18.8. The van der Waals surface area contributed by atoms with Crippen molar-refractivity contribution in [2.45, 2.75) is 31.8 Å². The van der Waals surface area contributed by atoms with Crippen LogP contribution in [-0.2, 0) is 4.79 Å². The first kappa shape index (κ1) is 15.5. The zero-order chi connectivity index (χ0) is 14.5. The van der Waals surface area contributed by atoms with Gasteiger partial charge in [0.2, 0.25) is 5.91 Å². The van der Waals surface area contributed by atoms with Crippen LogP contribution < -0.4 is 11.1 Å². The number of carbonyl (C=O) groups is 1. The minimum Gasteiger partial charge on any atom is -0.354 e. The molecule has 0 radical (unpaired) electrons. The molecule has 1 unspecified atom stereocenters. The predicted octanol–water partition coefficient (Wildman–Crippen LogP) is 2.05. The Balaban J connectivity index is 2.01. The van der Waals surface area contributed by atoms with Crippen LogP contribution in [0, 0.1) is 0 Å². The van der Waals surface area contributed by atoms with E-state index in [1.807, 2.05) is 12.1 Å². The minimum atomic E-state index is 0.0598. The van der Waals surface area contributed by atoms with Gasteiger partial charge in [-0.15, -0.1) is 0 Å². The van der Waals surface area contributed by atoms with Crippen molar-refractivity contribution in [1.29, 1.82) is 0 Å². The molecule has 1 aliphatic heterocycles. The van der Waals surface area contributed by atoms with E-state index in [9.17, 15) is 4.79 Å². The molecular formula is C15H22BrN3O. The van der Waals surface area contributed by atoms with Crippen molar-refractivity contribution in [1.82, 2.24) is 10.2 Å². The lowest BCUT2D eigenvalue weighted by atomic mass is 9.99. The van der Waals surface area contributed by atoms with Crippen molar-refractivity contribution in [2.75, 3.05) is 19.6 Å². The molecule has 0 aromatic heterocycles. The van der Waals surface area contributed by atoms with Crippen LogP contribution in [0.25, 0.3) is 0 Å². The van der Waals surface area contributed by atoms with E-state index < -0.39 is 0 Å². The van der Waals surface area contributed by atoms with Crippen molar-refractivity contribution >= 4 is 21.8 Å². The van der Waals surface area contributed by atoms with Gasteiger partial charge in [-0.1, -0.05) is 34.1 Å². The van der Waals surface area contributed by atoms with E-state index in [0.29, 0.717) is 12.6 Å². The second kappa shape index (κ2) is 7.20. The molecule has 1 aliphatic rings. The van der Waals surface area contributed by atoms with E-state index in [-0.39, 0.29) is 11.9 Å². The van der Waals surface area contributed by atoms with Gasteiger partial charge < -0.3 is 11.1 Å². The number of rotatable bonds is 4. The Morgan fingerprint density at radius 3 is 2.65 bits per heavy atom. The molecule has 2 rings (SSSR count). The highest BCUT2D eigenvalue weighted by molar-refractivity contribution is 9.10. The van der Waals surface area contributed by atoms with Crippen LogP contribution >= 0.6 is 15.9 Å². The number of nitrogens with one attached hydrogen (secondary N) is 1. The molecule has 0 bridgehead atoms. The lowest BCUT2D eigenvalue weighted by Gasteiger charge is -2.37. The van der Waals surface area contributed by atoms with Crippen molar-refractivity contribution in [2.24, 2.45) is 5.73 Å². The second-order valence-corrected chi connectivity index (χ2v) is 6.14. The Kier molecular flexibility index (Phi) is 5.57. The van der Waals surface area contributed by atoms with E-state index in [0.717, 1.165) is 30.4 Å². The first-order valence-electron chi connectivity index (χ1n) is 7.07. The Bertz CT molecular complexity index is 458. The van der Waals surface area contributed by atoms with Crippen LogP contribution in [-0.4, -0.2) is 36.5 Å². The molecule has 3 N–H and O–H groups in total. The highest BCUT2D eigenvalue weighted by Crippen LogP contribution is 2.29. The molecule has 1 aromatic carbocycles. The molecular weight excluding hydrogens is 318 g/mol. The van der Waals surface area contributed by atoms with Gasteiger partial charge in [-0.3, -0.25) is 9.69 Å². The van der Waals surface area contributed by atoms with Gasteiger partial charge in [0.15, 0.2) is 0 Å². The molecule has 1 amide bonds. The van der Waals surface area contributed by atoms with E-state index in [1.165, 1.54) is 5.56 Å². The van der Waals surface area contributed by atoms with Gasteiger partial charge in [0.1, 0.15) is 0 Å². The van der Waals surface area contributed by atoms with Crippen molar-refractivity contribution < 1.29 is 4.79 Å². The lowest BCUT2D eigenvalue weighted by molar-refractivity contribution is -0.120. The van der Waals surface area contributed by atoms with Gasteiger partial charge in [0.05, 0.1) is 0 Å². The maximum absolute atomic E-state index is 11.1. The molecule has 1 atom stereocenters. The summed E-state index contributed by atoms with van der Waals surface area (Å²) in [7, 11) is 0. The number of halogens is 1. The smallest absolute Gasteiger partial charge is 0.217 e. The van der Waals surface area contributed by atoms with Crippen LogP contribution in [0.2, 0.25) is 0 Å². The number of amides is 1. The third kappa shape index (κ3) is 3.81. The number of nitrogens with zero attached hydrogens (tertiary/aromatic N) is 1. The SMILES string of the molecule is CC(=O)NC1CCN(C(CN)c2ccccc2Br)CC1. The summed E-state index contributed by atoms with van der Waals surface area (Å²) < 4.78 is 1.11. The second-order valence-electron chi connectivity index (χ2n) is 5.28. The predicted molar refractivity (Wildman–Crippen MR) is 84.3 cm³/mol. The summed E-state index contributed by atoms with van der Waals surface area (Å²) in [6.45, 7) is 4.12. The third-order valence-corrected chi connectivity index (χ3v) is 4.59. The largest absolute Gasteiger partial charge is 0.354 e. The van der Waals surface area contributed by atoms with Crippen molar-refractivity contribution in [3.05, 3.63) is 34.3 Å². The molecule has 0 saturated carbocycles. The summed E-state index contributed by atoms with van der Waals surface area (Å²) in [4.78, 5) is 13.5. The first-order chi connectivity index (χ1) is 9.61. The Morgan fingerprint density at radius 2 is 2.10 bits per heavy atom. The van der Waals surface area contributed by atoms with E-state index in [4.69, 9.17) is 5.73 Å². The first-order valence-corrected chi connectivity index (χ1v) is 7.86. The molecule has 1 aromatic rings. The van der Waals surface area contributed by atoms with Gasteiger partial charge in [0, 0.05) is 43.1 Å². The molecule has 1 heterocycles. The van der Waals surface area contributed by atoms with Gasteiger partial charge in [0.25, 0.3) is 0 Å². The maximum atomic E-state index is 11.1. The molecule has 20 heavy (non-hydrogen) atoms. The van der Waals surface area contributed by atoms with Gasteiger partial charge in [-0.25, -0.2) is 0 Å². The summed E-state index contributed by atoms with van der Waals surface area (Å²) in [5.41, 5.74) is 7.23. The minimum absolute atomic E-state index is 0.0598. The van der Waals surface area contributed by atoms with Crippen molar-refractivity contribution in [3.63, 3.8) is 0 Å². The van der Waals surface area contributed by atoms with E-state index in [2.05, 4.69) is 38.3 Å². The molecule has 0 aliphatic carbocycles. The molecule has 110 valence electrons. The highest BCUT2D eigenvalue weighted by atomic mass is 79.9. The number of hydrogen-bond donors (Lipinski definition) is 2. The molecule has 1 fully saturated rings. The quantitative estimate of drug-likeness (QED) is 0.882. The number of carbonyl (C=O) groups excluding carboxylic acids is 1. The average molecular weight is 340 g/mol. The summed E-state index contributed by atoms with van der Waals surface area (Å²) >= 11 is 3.61. The van der Waals surface area contributed by atoms with Crippen molar-refractivity contribution in [3.8, 4) is 0 Å². The van der Waals surface area contributed by atoms with Gasteiger partial charge in [-0.05, 0) is 24.5 Å². The van der Waals surface area contributed by atoms with Gasteiger partial charge in [-0.2, -0.15) is 0 Å². The Labute approximate surface area is 128 Å². The molecule has 0 spiro atoms. The zero-order valence-electron chi connectivity index (χ0n) is 11.8. The molecule has 4 nitrogen and oxygen atoms in total. The zero-order valence-corrected chi connectivity index (χ0v) is 13.4. The number of hydrogen-bond acceptors (Lipinski definition) is 3. The average Bonchev–Trinajstić information content (AvgIpc) is 2.43. The number of piperidine rings is 1. The monoisotopic (exact) mass is 339 g/mol. The lowest BCUT2D eigenvalue weighted by Crippen LogP contribution is -2.46. The van der Waals surface area contributed by atoms with Crippen LogP contribution in [0.1, 0.15) is 31.4 Å². The topological polar surface area (TPSA) is 58.4 Å². The molecule has 5 heteroatoms. The summed E-state index contributed by atoms with van der Waals surface area (Å²) in [6, 6.07) is 8.80. The fourth-order valence-electron chi connectivity index (χ4n) is 2.86. The highest BCUT2D eigenvalue weighted by Gasteiger charge is 2.26. The fraction of sp³-hybridized carbons (Fsp3) is 0.533. The van der Waals surface area contributed by atoms with Gasteiger partial charge >= 0.3 is 0 Å². The maximum Gasteiger partial charge on any atom is 0.217 e. The van der Waals surface area contributed by atoms with Crippen LogP contribution in [0.5, 0.6) is 0 Å². The number of benzene rings is 1. The summed E-state index contributed by atoms with van der Waals surface area (Å²) in [6.07, 6.45) is 1.97. The van der Waals surface area contributed by atoms with E-state index >= 15 is 0 Å². The number of nitrogens with two attached hydrogens (primary N) is 1. The number of likely N-dealkylation sites (tertiary alicyclic amines) is 1. The fourth-order valence-corrected chi connectivity index (χ4v) is 3.41. The standard InChI is InChI=1S/C15H22BrN3O/c1-11(20)18-12-6-8-19(9-7-12)15(10-17)13-4-2-3-5-14(13)16/h2-5,12,15H,6-10,17H2,1H3,(H,18,20). The van der Waals surface area contributed by atoms with E-state index in [1.54, 1.807) is 6.92 Å².